The molecule has 0 spiro atoms. The lowest BCUT2D eigenvalue weighted by molar-refractivity contribution is 0.589. The van der Waals surface area contributed by atoms with Crippen LogP contribution in [0.5, 0.6) is 0 Å². The predicted molar refractivity (Wildman–Crippen MR) is 60.0 cm³/mol. The second kappa shape index (κ2) is 4.90. The molecule has 1 aromatic heterocycles. The number of anilines is 3. The molecule has 0 unspecified atom stereocenters. The van der Waals surface area contributed by atoms with Crippen molar-refractivity contribution in [3.05, 3.63) is 0 Å². The van der Waals surface area contributed by atoms with E-state index in [2.05, 4.69) is 25.0 Å². The van der Waals surface area contributed by atoms with E-state index in [9.17, 15) is 8.42 Å². The number of nitrogens with zero attached hydrogens (tertiary/aromatic N) is 3. The number of nitrogen functional groups attached to an aromatic ring is 2. The predicted octanol–water partition coefficient (Wildman–Crippen LogP) is -2.00. The Morgan fingerprint density at radius 2 is 1.69 bits per heavy atom. The van der Waals surface area contributed by atoms with Gasteiger partial charge in [-0.25, -0.2) is 13.1 Å². The summed E-state index contributed by atoms with van der Waals surface area (Å²) in [6.07, 6.45) is 1.08. The van der Waals surface area contributed by atoms with Gasteiger partial charge in [-0.2, -0.15) is 15.0 Å². The van der Waals surface area contributed by atoms with Crippen molar-refractivity contribution in [2.75, 3.05) is 36.1 Å². The largest absolute Gasteiger partial charge is 0.368 e. The van der Waals surface area contributed by atoms with Crippen molar-refractivity contribution in [1.29, 1.82) is 0 Å². The smallest absolute Gasteiger partial charge is 0.229 e. The van der Waals surface area contributed by atoms with Crippen molar-refractivity contribution in [3.63, 3.8) is 0 Å². The van der Waals surface area contributed by atoms with E-state index in [1.807, 2.05) is 0 Å². The third kappa shape index (κ3) is 4.70. The zero-order valence-electron chi connectivity index (χ0n) is 8.64. The molecule has 9 nitrogen and oxygen atoms in total. The molecule has 0 bridgehead atoms. The molecule has 0 fully saturated rings. The molecule has 6 N–H and O–H groups in total. The Kier molecular flexibility index (Phi) is 3.79. The average Bonchev–Trinajstić information content (AvgIpc) is 2.09. The molecule has 1 rings (SSSR count). The van der Waals surface area contributed by atoms with Crippen LogP contribution in [0, 0.1) is 0 Å². The Bertz CT molecular complexity index is 440. The summed E-state index contributed by atoms with van der Waals surface area (Å²) >= 11 is 0. The first-order chi connectivity index (χ1) is 7.37. The summed E-state index contributed by atoms with van der Waals surface area (Å²) in [6.45, 7) is 0.528. The SMILES string of the molecule is CS(=O)(=O)NCCNc1nc(N)nc(N)n1. The van der Waals surface area contributed by atoms with E-state index in [0.717, 1.165) is 6.26 Å². The number of nitrogens with two attached hydrogens (primary N) is 2. The van der Waals surface area contributed by atoms with Crippen molar-refractivity contribution in [2.24, 2.45) is 0 Å². The Hall–Kier alpha value is -1.68. The highest BCUT2D eigenvalue weighted by Gasteiger charge is 2.02. The van der Waals surface area contributed by atoms with E-state index in [-0.39, 0.29) is 24.4 Å². The highest BCUT2D eigenvalue weighted by Crippen LogP contribution is 2.02. The molecule has 0 aliphatic rings. The fourth-order valence-electron chi connectivity index (χ4n) is 0.899. The van der Waals surface area contributed by atoms with Crippen molar-refractivity contribution in [1.82, 2.24) is 19.7 Å². The molecule has 0 saturated carbocycles. The van der Waals surface area contributed by atoms with Crippen LogP contribution in [-0.4, -0.2) is 42.7 Å². The third-order valence-electron chi connectivity index (χ3n) is 1.44. The maximum atomic E-state index is 10.7. The van der Waals surface area contributed by atoms with Crippen LogP contribution in [0.1, 0.15) is 0 Å². The average molecular weight is 247 g/mol. The van der Waals surface area contributed by atoms with Gasteiger partial charge in [0.2, 0.25) is 27.9 Å². The van der Waals surface area contributed by atoms with E-state index in [4.69, 9.17) is 11.5 Å². The first-order valence-electron chi connectivity index (χ1n) is 4.32. The lowest BCUT2D eigenvalue weighted by Crippen LogP contribution is -2.28. The number of sulfonamides is 1. The molecule has 0 atom stereocenters. The highest BCUT2D eigenvalue weighted by atomic mass is 32.2. The molecule has 90 valence electrons. The van der Waals surface area contributed by atoms with Gasteiger partial charge in [0.1, 0.15) is 0 Å². The zero-order chi connectivity index (χ0) is 12.2. The Balaban J connectivity index is 2.43. The molecule has 1 heterocycles. The molecule has 1 aromatic rings. The molecule has 0 aliphatic heterocycles. The maximum absolute atomic E-state index is 10.7. The fraction of sp³-hybridized carbons (Fsp3) is 0.500. The van der Waals surface area contributed by atoms with Gasteiger partial charge in [0.15, 0.2) is 0 Å². The van der Waals surface area contributed by atoms with Crippen LogP contribution in [0.2, 0.25) is 0 Å². The Morgan fingerprint density at radius 1 is 1.12 bits per heavy atom. The van der Waals surface area contributed by atoms with Crippen LogP contribution in [0.15, 0.2) is 0 Å². The minimum absolute atomic E-state index is 0.00562. The van der Waals surface area contributed by atoms with Crippen LogP contribution < -0.4 is 21.5 Å². The van der Waals surface area contributed by atoms with Gasteiger partial charge in [-0.3, -0.25) is 0 Å². The highest BCUT2D eigenvalue weighted by molar-refractivity contribution is 7.88. The molecule has 16 heavy (non-hydrogen) atoms. The van der Waals surface area contributed by atoms with E-state index in [0.29, 0.717) is 6.54 Å². The second-order valence-electron chi connectivity index (χ2n) is 2.97. The van der Waals surface area contributed by atoms with Gasteiger partial charge in [-0.15, -0.1) is 0 Å². The van der Waals surface area contributed by atoms with E-state index in [1.54, 1.807) is 0 Å². The third-order valence-corrected chi connectivity index (χ3v) is 2.17. The second-order valence-corrected chi connectivity index (χ2v) is 4.80. The lowest BCUT2D eigenvalue weighted by Gasteiger charge is -2.05. The quantitative estimate of drug-likeness (QED) is 0.436. The van der Waals surface area contributed by atoms with E-state index in [1.165, 1.54) is 0 Å². The number of aromatic nitrogens is 3. The minimum atomic E-state index is -3.19. The molecule has 0 saturated heterocycles. The number of rotatable bonds is 5. The Labute approximate surface area is 92.7 Å². The van der Waals surface area contributed by atoms with Crippen molar-refractivity contribution in [3.8, 4) is 0 Å². The normalized spacial score (nSPS) is 11.3. The topological polar surface area (TPSA) is 149 Å². The van der Waals surface area contributed by atoms with Crippen LogP contribution >= 0.6 is 0 Å². The summed E-state index contributed by atoms with van der Waals surface area (Å²) < 4.78 is 23.8. The van der Waals surface area contributed by atoms with Gasteiger partial charge in [0.25, 0.3) is 0 Å². The monoisotopic (exact) mass is 247 g/mol. The molecular weight excluding hydrogens is 234 g/mol. The van der Waals surface area contributed by atoms with Crippen LogP contribution in [-0.2, 0) is 10.0 Å². The van der Waals surface area contributed by atoms with E-state index < -0.39 is 10.0 Å². The van der Waals surface area contributed by atoms with Crippen molar-refractivity contribution >= 4 is 27.9 Å². The van der Waals surface area contributed by atoms with Gasteiger partial charge in [0, 0.05) is 13.1 Å². The summed E-state index contributed by atoms with van der Waals surface area (Å²) in [7, 11) is -3.19. The number of hydrogen-bond acceptors (Lipinski definition) is 8. The summed E-state index contributed by atoms with van der Waals surface area (Å²) in [4.78, 5) is 11.1. The first kappa shape index (κ1) is 12.4. The van der Waals surface area contributed by atoms with Crippen LogP contribution in [0.3, 0.4) is 0 Å². The summed E-state index contributed by atoms with van der Waals surface area (Å²) in [6, 6.07) is 0. The molecule has 0 aromatic carbocycles. The maximum Gasteiger partial charge on any atom is 0.229 e. The van der Waals surface area contributed by atoms with Crippen LogP contribution in [0.25, 0.3) is 0 Å². The molecule has 0 amide bonds. The standard InChI is InChI=1S/C6H13N7O2S/c1-16(14,15)10-3-2-9-6-12-4(7)11-5(8)13-6/h10H,2-3H2,1H3,(H5,7,8,9,11,12,13). The zero-order valence-corrected chi connectivity index (χ0v) is 9.45. The molecular formula is C6H13N7O2S. The van der Waals surface area contributed by atoms with Gasteiger partial charge in [-0.05, 0) is 0 Å². The van der Waals surface area contributed by atoms with Crippen molar-refractivity contribution < 1.29 is 8.42 Å². The van der Waals surface area contributed by atoms with Gasteiger partial charge >= 0.3 is 0 Å². The first-order valence-corrected chi connectivity index (χ1v) is 6.21. The molecule has 10 heteroatoms. The Morgan fingerprint density at radius 3 is 2.19 bits per heavy atom. The lowest BCUT2D eigenvalue weighted by atomic mass is 10.6. The van der Waals surface area contributed by atoms with E-state index >= 15 is 0 Å². The van der Waals surface area contributed by atoms with Crippen LogP contribution in [0.4, 0.5) is 17.8 Å². The number of nitrogens with one attached hydrogen (secondary N) is 2. The summed E-state index contributed by atoms with van der Waals surface area (Å²) in [5.41, 5.74) is 10.7. The van der Waals surface area contributed by atoms with Gasteiger partial charge in [-0.1, -0.05) is 0 Å². The molecule has 0 radical (unpaired) electrons. The summed E-state index contributed by atoms with van der Waals surface area (Å²) in [5.74, 6) is 0.220. The number of hydrogen-bond donors (Lipinski definition) is 4. The van der Waals surface area contributed by atoms with Gasteiger partial charge in [0.05, 0.1) is 6.26 Å². The summed E-state index contributed by atoms with van der Waals surface area (Å²) in [5, 5.41) is 2.75. The van der Waals surface area contributed by atoms with Gasteiger partial charge < -0.3 is 16.8 Å². The van der Waals surface area contributed by atoms with Crippen molar-refractivity contribution in [2.45, 2.75) is 0 Å². The molecule has 0 aliphatic carbocycles. The minimum Gasteiger partial charge on any atom is -0.368 e. The fourth-order valence-corrected chi connectivity index (χ4v) is 1.37.